The van der Waals surface area contributed by atoms with Crippen LogP contribution in [0, 0.1) is 0 Å². The zero-order valence-electron chi connectivity index (χ0n) is 11.1. The predicted octanol–water partition coefficient (Wildman–Crippen LogP) is 2.04. The highest BCUT2D eigenvalue weighted by Gasteiger charge is 2.28. The number of halogens is 1. The van der Waals surface area contributed by atoms with E-state index in [1.54, 1.807) is 0 Å². The lowest BCUT2D eigenvalue weighted by Gasteiger charge is -2.24. The molecule has 1 atom stereocenters. The summed E-state index contributed by atoms with van der Waals surface area (Å²) in [5.74, 6) is 0.793. The van der Waals surface area contributed by atoms with Crippen LogP contribution in [0.4, 0.5) is 0 Å². The Balaban J connectivity index is 1.85. The molecule has 1 aromatic carbocycles. The van der Waals surface area contributed by atoms with Crippen molar-refractivity contribution in [2.75, 3.05) is 26.7 Å². The second kappa shape index (κ2) is 6.91. The highest BCUT2D eigenvalue weighted by Crippen LogP contribution is 2.18. The monoisotopic (exact) mass is 326 g/mol. The highest BCUT2D eigenvalue weighted by molar-refractivity contribution is 9.10. The van der Waals surface area contributed by atoms with Crippen molar-refractivity contribution in [2.24, 2.45) is 0 Å². The number of hydrogen-bond donors (Lipinski definition) is 1. The number of rotatable bonds is 5. The van der Waals surface area contributed by atoms with Crippen LogP contribution < -0.4 is 10.1 Å². The van der Waals surface area contributed by atoms with E-state index in [0.717, 1.165) is 36.2 Å². The van der Waals surface area contributed by atoms with E-state index in [9.17, 15) is 4.79 Å². The standard InChI is InChI=1S/C14H19BrN2O2/c1-16-9-12-3-2-8-17(12)14(18)10-19-13-6-4-11(15)5-7-13/h4-7,12,16H,2-3,8-10H2,1H3/t12-/m1/s1. The van der Waals surface area contributed by atoms with E-state index in [4.69, 9.17) is 4.74 Å². The molecular weight excluding hydrogens is 308 g/mol. The van der Waals surface area contributed by atoms with Crippen molar-refractivity contribution in [1.82, 2.24) is 10.2 Å². The van der Waals surface area contributed by atoms with Gasteiger partial charge in [-0.3, -0.25) is 4.79 Å². The minimum Gasteiger partial charge on any atom is -0.484 e. The molecular formula is C14H19BrN2O2. The summed E-state index contributed by atoms with van der Waals surface area (Å²) >= 11 is 3.37. The smallest absolute Gasteiger partial charge is 0.260 e. The first-order valence-corrected chi connectivity index (χ1v) is 7.32. The third kappa shape index (κ3) is 3.94. The molecule has 0 bridgehead atoms. The number of carbonyl (C=O) groups is 1. The lowest BCUT2D eigenvalue weighted by molar-refractivity contribution is -0.134. The van der Waals surface area contributed by atoms with Crippen LogP contribution >= 0.6 is 15.9 Å². The molecule has 0 radical (unpaired) electrons. The second-order valence-electron chi connectivity index (χ2n) is 4.68. The number of likely N-dealkylation sites (N-methyl/N-ethyl adjacent to an activating group) is 1. The molecule has 0 aliphatic carbocycles. The lowest BCUT2D eigenvalue weighted by Crippen LogP contribution is -2.43. The summed E-state index contributed by atoms with van der Waals surface area (Å²) in [6.07, 6.45) is 2.15. The van der Waals surface area contributed by atoms with E-state index >= 15 is 0 Å². The van der Waals surface area contributed by atoms with Gasteiger partial charge in [0.25, 0.3) is 5.91 Å². The molecule has 0 saturated carbocycles. The number of carbonyl (C=O) groups excluding carboxylic acids is 1. The maximum Gasteiger partial charge on any atom is 0.260 e. The van der Waals surface area contributed by atoms with Gasteiger partial charge in [0.05, 0.1) is 0 Å². The Morgan fingerprint density at radius 1 is 1.47 bits per heavy atom. The third-order valence-corrected chi connectivity index (χ3v) is 3.84. The highest BCUT2D eigenvalue weighted by atomic mass is 79.9. The Hall–Kier alpha value is -1.07. The largest absolute Gasteiger partial charge is 0.484 e. The number of likely N-dealkylation sites (tertiary alicyclic amines) is 1. The first-order valence-electron chi connectivity index (χ1n) is 6.53. The van der Waals surface area contributed by atoms with Crippen molar-refractivity contribution in [3.8, 4) is 5.75 Å². The molecule has 0 aromatic heterocycles. The van der Waals surface area contributed by atoms with Gasteiger partial charge in [0.1, 0.15) is 5.75 Å². The van der Waals surface area contributed by atoms with Gasteiger partial charge in [0.2, 0.25) is 0 Å². The first kappa shape index (κ1) is 14.3. The zero-order valence-corrected chi connectivity index (χ0v) is 12.6. The summed E-state index contributed by atoms with van der Waals surface area (Å²) in [6.45, 7) is 1.81. The second-order valence-corrected chi connectivity index (χ2v) is 5.60. The van der Waals surface area contributed by atoms with Gasteiger partial charge in [-0.05, 0) is 44.2 Å². The fraction of sp³-hybridized carbons (Fsp3) is 0.500. The van der Waals surface area contributed by atoms with Crippen LogP contribution in [0.15, 0.2) is 28.7 Å². The van der Waals surface area contributed by atoms with E-state index in [-0.39, 0.29) is 12.5 Å². The van der Waals surface area contributed by atoms with Gasteiger partial charge in [0, 0.05) is 23.6 Å². The Bertz CT molecular complexity index is 422. The SMILES string of the molecule is CNC[C@H]1CCCN1C(=O)COc1ccc(Br)cc1. The van der Waals surface area contributed by atoms with Crippen molar-refractivity contribution >= 4 is 21.8 Å². The van der Waals surface area contributed by atoms with E-state index in [1.807, 2.05) is 36.2 Å². The summed E-state index contributed by atoms with van der Waals surface area (Å²) in [5, 5.41) is 3.13. The molecule has 0 unspecified atom stereocenters. The normalized spacial score (nSPS) is 18.6. The van der Waals surface area contributed by atoms with Gasteiger partial charge in [-0.25, -0.2) is 0 Å². The van der Waals surface area contributed by atoms with Crippen molar-refractivity contribution < 1.29 is 9.53 Å². The summed E-state index contributed by atoms with van der Waals surface area (Å²) in [7, 11) is 1.92. The van der Waals surface area contributed by atoms with Crippen molar-refractivity contribution in [2.45, 2.75) is 18.9 Å². The average Bonchev–Trinajstić information content (AvgIpc) is 2.86. The number of amides is 1. The van der Waals surface area contributed by atoms with Gasteiger partial charge in [0.15, 0.2) is 6.61 Å². The maximum absolute atomic E-state index is 12.1. The summed E-state index contributed by atoms with van der Waals surface area (Å²) < 4.78 is 6.53. The average molecular weight is 327 g/mol. The van der Waals surface area contributed by atoms with Gasteiger partial charge in [-0.1, -0.05) is 15.9 Å². The zero-order chi connectivity index (χ0) is 13.7. The van der Waals surface area contributed by atoms with Crippen LogP contribution in [0.25, 0.3) is 0 Å². The summed E-state index contributed by atoms with van der Waals surface area (Å²) in [4.78, 5) is 14.1. The molecule has 1 aliphatic rings. The molecule has 0 spiro atoms. The van der Waals surface area contributed by atoms with Crippen LogP contribution in [0.5, 0.6) is 5.75 Å². The molecule has 1 fully saturated rings. The maximum atomic E-state index is 12.1. The van der Waals surface area contributed by atoms with Crippen LogP contribution in [0.2, 0.25) is 0 Å². The van der Waals surface area contributed by atoms with Crippen molar-refractivity contribution in [1.29, 1.82) is 0 Å². The molecule has 4 nitrogen and oxygen atoms in total. The van der Waals surface area contributed by atoms with Crippen LogP contribution in [0.3, 0.4) is 0 Å². The fourth-order valence-electron chi connectivity index (χ4n) is 2.37. The first-order chi connectivity index (χ1) is 9.20. The lowest BCUT2D eigenvalue weighted by atomic mass is 10.2. The molecule has 2 rings (SSSR count). The minimum absolute atomic E-state index is 0.0701. The van der Waals surface area contributed by atoms with Crippen LogP contribution in [-0.4, -0.2) is 43.6 Å². The molecule has 1 amide bonds. The quantitative estimate of drug-likeness (QED) is 0.900. The third-order valence-electron chi connectivity index (χ3n) is 3.31. The number of benzene rings is 1. The Morgan fingerprint density at radius 3 is 2.89 bits per heavy atom. The van der Waals surface area contributed by atoms with Crippen molar-refractivity contribution in [3.63, 3.8) is 0 Å². The summed E-state index contributed by atoms with van der Waals surface area (Å²) in [6, 6.07) is 7.82. The number of hydrogen-bond acceptors (Lipinski definition) is 3. The number of nitrogens with one attached hydrogen (secondary N) is 1. The van der Waals surface area contributed by atoms with E-state index in [1.165, 1.54) is 0 Å². The fourth-order valence-corrected chi connectivity index (χ4v) is 2.64. The molecule has 1 aromatic rings. The van der Waals surface area contributed by atoms with Gasteiger partial charge < -0.3 is 15.0 Å². The number of ether oxygens (including phenoxy) is 1. The van der Waals surface area contributed by atoms with Gasteiger partial charge >= 0.3 is 0 Å². The summed E-state index contributed by atoms with van der Waals surface area (Å²) in [5.41, 5.74) is 0. The van der Waals surface area contributed by atoms with Gasteiger partial charge in [-0.2, -0.15) is 0 Å². The number of nitrogens with zero attached hydrogens (tertiary/aromatic N) is 1. The van der Waals surface area contributed by atoms with Crippen LogP contribution in [0.1, 0.15) is 12.8 Å². The van der Waals surface area contributed by atoms with E-state index in [2.05, 4.69) is 21.2 Å². The Morgan fingerprint density at radius 2 is 2.21 bits per heavy atom. The predicted molar refractivity (Wildman–Crippen MR) is 78.3 cm³/mol. The van der Waals surface area contributed by atoms with Crippen molar-refractivity contribution in [3.05, 3.63) is 28.7 Å². The van der Waals surface area contributed by atoms with Gasteiger partial charge in [-0.15, -0.1) is 0 Å². The molecule has 5 heteroatoms. The van der Waals surface area contributed by atoms with Crippen LogP contribution in [-0.2, 0) is 4.79 Å². The molecule has 1 heterocycles. The molecule has 1 N–H and O–H groups in total. The van der Waals surface area contributed by atoms with E-state index < -0.39 is 0 Å². The Labute approximate surface area is 122 Å². The minimum atomic E-state index is 0.0701. The Kier molecular flexibility index (Phi) is 5.22. The molecule has 1 saturated heterocycles. The molecule has 1 aliphatic heterocycles. The topological polar surface area (TPSA) is 41.6 Å². The van der Waals surface area contributed by atoms with E-state index in [0.29, 0.717) is 6.04 Å². The molecule has 19 heavy (non-hydrogen) atoms. The molecule has 104 valence electrons.